The number of piperazine rings is 1. The molecule has 0 saturated carbocycles. The Hall–Kier alpha value is -0.340. The molecule has 2 aliphatic heterocycles. The number of rotatable bonds is 0. The van der Waals surface area contributed by atoms with E-state index in [9.17, 15) is 0 Å². The molecule has 1 atom stereocenters. The highest BCUT2D eigenvalue weighted by Gasteiger charge is 2.21. The van der Waals surface area contributed by atoms with Gasteiger partial charge in [-0.15, -0.1) is 0 Å². The van der Waals surface area contributed by atoms with Crippen molar-refractivity contribution in [3.8, 4) is 0 Å². The van der Waals surface area contributed by atoms with Crippen LogP contribution in [0.3, 0.4) is 0 Å². The average Bonchev–Trinajstić information content (AvgIpc) is 2.12. The van der Waals surface area contributed by atoms with E-state index < -0.39 is 0 Å². The molecule has 2 aliphatic rings. The van der Waals surface area contributed by atoms with Gasteiger partial charge in [-0.05, 0) is 0 Å². The summed E-state index contributed by atoms with van der Waals surface area (Å²) in [5.41, 5.74) is 0. The van der Waals surface area contributed by atoms with E-state index in [1.807, 2.05) is 0 Å². The van der Waals surface area contributed by atoms with Gasteiger partial charge in [0.05, 0.1) is 6.04 Å². The fourth-order valence-electron chi connectivity index (χ4n) is 1.16. The Balaban J connectivity index is 2.13. The molecule has 2 heteroatoms. The van der Waals surface area contributed by atoms with Gasteiger partial charge in [-0.25, -0.2) is 0 Å². The van der Waals surface area contributed by atoms with Gasteiger partial charge in [0, 0.05) is 19.1 Å². The van der Waals surface area contributed by atoms with E-state index in [2.05, 4.69) is 22.8 Å². The van der Waals surface area contributed by atoms with E-state index in [1.165, 1.54) is 6.04 Å². The van der Waals surface area contributed by atoms with E-state index >= 15 is 0 Å². The smallest absolute Gasteiger partial charge is 0.0730 e. The zero-order valence-corrected chi connectivity index (χ0v) is 4.65. The van der Waals surface area contributed by atoms with Crippen molar-refractivity contribution in [1.82, 2.24) is 10.6 Å². The van der Waals surface area contributed by atoms with Crippen LogP contribution < -0.4 is 10.6 Å². The number of nitrogens with one attached hydrogen (secondary N) is 2. The lowest BCUT2D eigenvalue weighted by atomic mass is 10.3. The Bertz CT molecular complexity index is 108. The topological polar surface area (TPSA) is 24.1 Å². The molecule has 2 nitrogen and oxygen atoms in total. The lowest BCUT2D eigenvalue weighted by molar-refractivity contribution is 0.512. The molecule has 2 heterocycles. The van der Waals surface area contributed by atoms with Gasteiger partial charge in [-0.3, -0.25) is 5.32 Å². The lowest BCUT2D eigenvalue weighted by Crippen LogP contribution is -2.45. The minimum absolute atomic E-state index is 0.582. The van der Waals surface area contributed by atoms with Crippen LogP contribution in [0.15, 0.2) is 12.2 Å². The Morgan fingerprint density at radius 3 is 3.38 bits per heavy atom. The van der Waals surface area contributed by atoms with Crippen LogP contribution in [0.5, 0.6) is 0 Å². The molecule has 1 fully saturated rings. The molecule has 0 aromatic rings. The second-order valence-corrected chi connectivity index (χ2v) is 2.27. The predicted molar refractivity (Wildman–Crippen MR) is 32.2 cm³/mol. The molecule has 1 radical (unpaired) electrons. The van der Waals surface area contributed by atoms with Crippen LogP contribution in [-0.2, 0) is 0 Å². The van der Waals surface area contributed by atoms with Gasteiger partial charge in [0.2, 0.25) is 0 Å². The summed E-state index contributed by atoms with van der Waals surface area (Å²) in [6.07, 6.45) is 4.36. The maximum Gasteiger partial charge on any atom is 0.0730 e. The highest BCUT2D eigenvalue weighted by molar-refractivity contribution is 5.23. The summed E-state index contributed by atoms with van der Waals surface area (Å²) in [6.45, 7) is 2.10. The van der Waals surface area contributed by atoms with Gasteiger partial charge in [0.15, 0.2) is 0 Å². The lowest BCUT2D eigenvalue weighted by Gasteiger charge is -2.20. The Labute approximate surface area is 49.0 Å². The van der Waals surface area contributed by atoms with Crippen molar-refractivity contribution < 1.29 is 0 Å². The Morgan fingerprint density at radius 1 is 1.62 bits per heavy atom. The average molecular weight is 109 g/mol. The van der Waals surface area contributed by atoms with E-state index in [4.69, 9.17) is 0 Å². The van der Waals surface area contributed by atoms with E-state index in [0.29, 0.717) is 6.04 Å². The molecule has 1 saturated heterocycles. The molecular formula is C6H9N2. The molecule has 2 rings (SSSR count). The highest BCUT2D eigenvalue weighted by atomic mass is 15.1. The molecular weight excluding hydrogens is 100 g/mol. The molecule has 43 valence electrons. The fourth-order valence-corrected chi connectivity index (χ4v) is 1.16. The van der Waals surface area contributed by atoms with Crippen LogP contribution in [0.1, 0.15) is 0 Å². The molecule has 0 spiro atoms. The first-order valence-corrected chi connectivity index (χ1v) is 2.96. The van der Waals surface area contributed by atoms with Crippen molar-refractivity contribution in [2.45, 2.75) is 6.04 Å². The summed E-state index contributed by atoms with van der Waals surface area (Å²) in [5.74, 6) is 0. The third-order valence-electron chi connectivity index (χ3n) is 1.58. The van der Waals surface area contributed by atoms with Crippen molar-refractivity contribution in [3.63, 3.8) is 0 Å². The summed E-state index contributed by atoms with van der Waals surface area (Å²) in [6, 6.07) is 1.92. The normalized spacial score (nSPS) is 36.2. The molecule has 0 aromatic heterocycles. The van der Waals surface area contributed by atoms with Crippen LogP contribution in [0, 0.1) is 6.04 Å². The molecule has 2 N–H and O–H groups in total. The highest BCUT2D eigenvalue weighted by Crippen LogP contribution is 2.10. The summed E-state index contributed by atoms with van der Waals surface area (Å²) >= 11 is 0. The SMILES string of the molecule is C1=CC2CNC[C]1N2. The Morgan fingerprint density at radius 2 is 2.62 bits per heavy atom. The maximum absolute atomic E-state index is 3.33. The standard InChI is InChI=1S/C6H9N2/c1-2-6-4-7-3-5(1)8-6/h1-2,5,7-8H,3-4H2. The zero-order chi connectivity index (χ0) is 5.40. The molecule has 0 aromatic carbocycles. The number of hydrogen-bond acceptors (Lipinski definition) is 2. The third-order valence-corrected chi connectivity index (χ3v) is 1.58. The van der Waals surface area contributed by atoms with Crippen LogP contribution in [0.2, 0.25) is 0 Å². The first-order valence-electron chi connectivity index (χ1n) is 2.96. The summed E-state index contributed by atoms with van der Waals surface area (Å²) < 4.78 is 0. The van der Waals surface area contributed by atoms with Crippen molar-refractivity contribution in [2.75, 3.05) is 13.1 Å². The molecule has 1 unspecified atom stereocenters. The van der Waals surface area contributed by atoms with Crippen molar-refractivity contribution in [3.05, 3.63) is 18.2 Å². The number of fused-ring (bicyclic) bond motifs is 2. The van der Waals surface area contributed by atoms with Crippen LogP contribution >= 0.6 is 0 Å². The Kier molecular flexibility index (Phi) is 0.889. The zero-order valence-electron chi connectivity index (χ0n) is 4.65. The summed E-state index contributed by atoms with van der Waals surface area (Å²) in [7, 11) is 0. The van der Waals surface area contributed by atoms with Gasteiger partial charge in [-0.1, -0.05) is 12.2 Å². The van der Waals surface area contributed by atoms with Crippen LogP contribution in [0.25, 0.3) is 0 Å². The van der Waals surface area contributed by atoms with Crippen LogP contribution in [0.4, 0.5) is 0 Å². The first kappa shape index (κ1) is 4.53. The molecule has 8 heavy (non-hydrogen) atoms. The van der Waals surface area contributed by atoms with E-state index in [1.54, 1.807) is 0 Å². The van der Waals surface area contributed by atoms with Gasteiger partial charge >= 0.3 is 0 Å². The fraction of sp³-hybridized carbons (Fsp3) is 0.500. The summed E-state index contributed by atoms with van der Waals surface area (Å²) in [4.78, 5) is 0. The van der Waals surface area contributed by atoms with Gasteiger partial charge in [0.1, 0.15) is 0 Å². The van der Waals surface area contributed by atoms with Crippen LogP contribution in [-0.4, -0.2) is 19.1 Å². The summed E-state index contributed by atoms with van der Waals surface area (Å²) in [5, 5.41) is 6.62. The van der Waals surface area contributed by atoms with E-state index in [-0.39, 0.29) is 0 Å². The third kappa shape index (κ3) is 0.572. The molecule has 0 aliphatic carbocycles. The van der Waals surface area contributed by atoms with Crippen molar-refractivity contribution in [1.29, 1.82) is 0 Å². The quantitative estimate of drug-likeness (QED) is 0.444. The largest absolute Gasteiger partial charge is 0.313 e. The van der Waals surface area contributed by atoms with Gasteiger partial charge in [-0.2, -0.15) is 0 Å². The molecule has 0 amide bonds. The second kappa shape index (κ2) is 1.57. The monoisotopic (exact) mass is 109 g/mol. The van der Waals surface area contributed by atoms with Crippen molar-refractivity contribution in [2.24, 2.45) is 0 Å². The van der Waals surface area contributed by atoms with Crippen molar-refractivity contribution >= 4 is 0 Å². The van der Waals surface area contributed by atoms with E-state index in [0.717, 1.165) is 13.1 Å². The van der Waals surface area contributed by atoms with Gasteiger partial charge in [0.25, 0.3) is 0 Å². The first-order chi connectivity index (χ1) is 3.95. The van der Waals surface area contributed by atoms with Gasteiger partial charge < -0.3 is 5.32 Å². The maximum atomic E-state index is 3.33. The minimum atomic E-state index is 0.582. The minimum Gasteiger partial charge on any atom is -0.313 e. The second-order valence-electron chi connectivity index (χ2n) is 2.27. The predicted octanol–water partition coefficient (Wildman–Crippen LogP) is -0.350. The number of hydrogen-bond donors (Lipinski definition) is 2. The molecule has 2 bridgehead atoms.